The van der Waals surface area contributed by atoms with Gasteiger partial charge >= 0.3 is 0 Å². The largest absolute Gasteiger partial charge is 0.197 e. The van der Waals surface area contributed by atoms with Crippen LogP contribution in [-0.2, 0) is 0 Å². The normalized spacial score (nSPS) is 34.8. The van der Waals surface area contributed by atoms with Gasteiger partial charge < -0.3 is 0 Å². The Balaban J connectivity index is 1.79. The van der Waals surface area contributed by atoms with Crippen molar-refractivity contribution in [2.45, 2.75) is 27.2 Å². The second kappa shape index (κ2) is 6.24. The Hall–Kier alpha value is -3.62. The van der Waals surface area contributed by atoms with Crippen LogP contribution in [0.15, 0.2) is 96.1 Å². The molecule has 33 heavy (non-hydrogen) atoms. The zero-order chi connectivity index (χ0) is 23.1. The predicted molar refractivity (Wildman–Crippen MR) is 131 cm³/mol. The topological polar surface area (TPSA) is 47.6 Å². The number of rotatable bonds is 2. The second-order valence-corrected chi connectivity index (χ2v) is 10.6. The fourth-order valence-corrected chi connectivity index (χ4v) is 7.15. The minimum atomic E-state index is -0.836. The Morgan fingerprint density at radius 2 is 1.30 bits per heavy atom. The molecule has 2 heteroatoms. The average molecular weight is 427 g/mol. The van der Waals surface area contributed by atoms with E-state index in [9.17, 15) is 10.5 Å². The van der Waals surface area contributed by atoms with Gasteiger partial charge in [-0.15, -0.1) is 0 Å². The molecule has 160 valence electrons. The van der Waals surface area contributed by atoms with Gasteiger partial charge in [-0.2, -0.15) is 10.5 Å². The molecule has 0 fully saturated rings. The maximum Gasteiger partial charge on any atom is 0.118 e. The molecular formula is C31H26N2. The van der Waals surface area contributed by atoms with E-state index in [-0.39, 0.29) is 11.3 Å². The van der Waals surface area contributed by atoms with Gasteiger partial charge in [-0.1, -0.05) is 111 Å². The van der Waals surface area contributed by atoms with E-state index in [2.05, 4.69) is 93.6 Å². The number of nitrogens with zero attached hydrogens (tertiary/aromatic N) is 2. The van der Waals surface area contributed by atoms with Crippen molar-refractivity contribution in [1.29, 1.82) is 10.5 Å². The zero-order valence-corrected chi connectivity index (χ0v) is 19.3. The number of nitriles is 2. The Kier molecular flexibility index (Phi) is 3.79. The fourth-order valence-electron chi connectivity index (χ4n) is 7.15. The van der Waals surface area contributed by atoms with Gasteiger partial charge in [-0.3, -0.25) is 0 Å². The van der Waals surface area contributed by atoms with Crippen molar-refractivity contribution in [3.63, 3.8) is 0 Å². The summed E-state index contributed by atoms with van der Waals surface area (Å²) in [5.41, 5.74) is 4.53. The summed E-state index contributed by atoms with van der Waals surface area (Å²) in [6.45, 7) is 6.65. The van der Waals surface area contributed by atoms with Crippen molar-refractivity contribution >= 4 is 11.1 Å². The summed E-state index contributed by atoms with van der Waals surface area (Å²) in [6, 6.07) is 26.3. The van der Waals surface area contributed by atoms with Crippen LogP contribution in [0.2, 0.25) is 0 Å². The van der Waals surface area contributed by atoms with Gasteiger partial charge in [0.05, 0.1) is 17.6 Å². The van der Waals surface area contributed by atoms with E-state index < -0.39 is 16.2 Å². The van der Waals surface area contributed by atoms with E-state index in [1.165, 1.54) is 16.7 Å². The molecule has 0 aromatic heterocycles. The molecule has 4 aliphatic carbocycles. The molecule has 2 nitrogen and oxygen atoms in total. The Bertz CT molecular complexity index is 1390. The molecule has 6 rings (SSSR count). The summed E-state index contributed by atoms with van der Waals surface area (Å²) < 4.78 is 0. The second-order valence-electron chi connectivity index (χ2n) is 10.6. The quantitative estimate of drug-likeness (QED) is 0.480. The molecule has 2 aromatic rings. The summed E-state index contributed by atoms with van der Waals surface area (Å²) in [6.07, 6.45) is 9.56. The maximum absolute atomic E-state index is 10.9. The Morgan fingerprint density at radius 1 is 0.758 bits per heavy atom. The van der Waals surface area contributed by atoms with Crippen molar-refractivity contribution in [3.05, 3.63) is 107 Å². The third kappa shape index (κ3) is 2.04. The lowest BCUT2D eigenvalue weighted by atomic mass is 9.36. The monoisotopic (exact) mass is 426 g/mol. The molecular weight excluding hydrogens is 400 g/mol. The first-order valence-electron chi connectivity index (χ1n) is 11.7. The number of hydrogen-bond donors (Lipinski definition) is 0. The molecule has 0 aliphatic heterocycles. The van der Waals surface area contributed by atoms with Crippen molar-refractivity contribution in [3.8, 4) is 12.1 Å². The molecule has 0 N–H and O–H groups in total. The highest BCUT2D eigenvalue weighted by atomic mass is 14.7. The number of benzene rings is 2. The molecule has 4 atom stereocenters. The highest BCUT2D eigenvalue weighted by Gasteiger charge is 2.74. The van der Waals surface area contributed by atoms with Gasteiger partial charge in [-0.25, -0.2) is 0 Å². The third-order valence-corrected chi connectivity index (χ3v) is 8.72. The van der Waals surface area contributed by atoms with E-state index in [0.717, 1.165) is 23.1 Å². The Morgan fingerprint density at radius 3 is 1.88 bits per heavy atom. The molecule has 0 saturated heterocycles. The van der Waals surface area contributed by atoms with Crippen LogP contribution in [0, 0.1) is 50.2 Å². The maximum atomic E-state index is 10.9. The zero-order valence-electron chi connectivity index (χ0n) is 19.3. The fraction of sp³-hybridized carbons (Fsp3) is 0.290. The van der Waals surface area contributed by atoms with Gasteiger partial charge in [0.25, 0.3) is 0 Å². The first-order chi connectivity index (χ1) is 15.9. The van der Waals surface area contributed by atoms with Crippen molar-refractivity contribution in [1.82, 2.24) is 0 Å². The van der Waals surface area contributed by atoms with E-state index >= 15 is 0 Å². The molecule has 0 bridgehead atoms. The van der Waals surface area contributed by atoms with Crippen molar-refractivity contribution in [2.24, 2.45) is 27.6 Å². The van der Waals surface area contributed by atoms with Crippen LogP contribution in [0.1, 0.15) is 38.3 Å². The summed E-state index contributed by atoms with van der Waals surface area (Å²) >= 11 is 0. The lowest BCUT2D eigenvalue weighted by Crippen LogP contribution is -2.57. The molecule has 0 unspecified atom stereocenters. The van der Waals surface area contributed by atoms with Crippen LogP contribution < -0.4 is 0 Å². The molecule has 4 aliphatic rings. The smallest absolute Gasteiger partial charge is 0.118 e. The van der Waals surface area contributed by atoms with Crippen molar-refractivity contribution in [2.75, 3.05) is 0 Å². The van der Waals surface area contributed by atoms with Crippen LogP contribution >= 0.6 is 0 Å². The predicted octanol–water partition coefficient (Wildman–Crippen LogP) is 7.12. The minimum Gasteiger partial charge on any atom is -0.197 e. The number of hydrogen-bond acceptors (Lipinski definition) is 2. The van der Waals surface area contributed by atoms with Gasteiger partial charge in [-0.05, 0) is 45.6 Å². The van der Waals surface area contributed by atoms with Gasteiger partial charge in [0.2, 0.25) is 0 Å². The van der Waals surface area contributed by atoms with E-state index in [1.54, 1.807) is 0 Å². The molecule has 0 radical (unpaired) electrons. The summed E-state index contributed by atoms with van der Waals surface area (Å²) in [4.78, 5) is 0. The Labute approximate surface area is 195 Å². The third-order valence-electron chi connectivity index (χ3n) is 8.72. The summed E-state index contributed by atoms with van der Waals surface area (Å²) in [5.74, 6) is 0.265. The van der Waals surface area contributed by atoms with Gasteiger partial charge in [0.15, 0.2) is 0 Å². The van der Waals surface area contributed by atoms with Crippen LogP contribution in [0.3, 0.4) is 0 Å². The summed E-state index contributed by atoms with van der Waals surface area (Å²) in [7, 11) is 0. The van der Waals surface area contributed by atoms with E-state index in [4.69, 9.17) is 0 Å². The lowest BCUT2D eigenvalue weighted by Gasteiger charge is -2.63. The van der Waals surface area contributed by atoms with Crippen LogP contribution in [0.4, 0.5) is 0 Å². The average Bonchev–Trinajstić information content (AvgIpc) is 3.08. The lowest BCUT2D eigenvalue weighted by molar-refractivity contribution is 0.202. The molecule has 2 aromatic carbocycles. The SMILES string of the molecule is C[C@@H]1C=C[C@]23C(c4ccccc4)=C(c4ccccc4)[C@@]2(C#N)C=C[C@@]2(C#N)C3=C1CC2(C)C. The van der Waals surface area contributed by atoms with E-state index in [1.807, 2.05) is 24.3 Å². The molecule has 0 heterocycles. The highest BCUT2D eigenvalue weighted by molar-refractivity contribution is 6.10. The molecule has 0 saturated carbocycles. The van der Waals surface area contributed by atoms with Crippen LogP contribution in [0.25, 0.3) is 11.1 Å². The highest BCUT2D eigenvalue weighted by Crippen LogP contribution is 2.81. The first-order valence-corrected chi connectivity index (χ1v) is 11.7. The molecule has 0 amide bonds. The van der Waals surface area contributed by atoms with Crippen LogP contribution in [-0.4, -0.2) is 0 Å². The first kappa shape index (κ1) is 20.0. The van der Waals surface area contributed by atoms with Crippen LogP contribution in [0.5, 0.6) is 0 Å². The number of allylic oxidation sites excluding steroid dienone is 8. The van der Waals surface area contributed by atoms with Crippen molar-refractivity contribution < 1.29 is 0 Å². The minimum absolute atomic E-state index is 0.234. The standard InChI is InChI=1S/C31H26N2/c1-21-14-15-31-26(23-12-8-5-9-13-23)25(22-10-6-4-7-11-22)29(31,19-32)16-17-30(20-33)27(31)24(21)18-28(30,2)3/h4-17,21H,18H2,1-3H3/t21-,29+,30-,31-/m1/s1. The van der Waals surface area contributed by atoms with Gasteiger partial charge in [0, 0.05) is 0 Å². The van der Waals surface area contributed by atoms with E-state index in [0.29, 0.717) is 0 Å². The molecule has 1 spiro atoms. The van der Waals surface area contributed by atoms with Gasteiger partial charge in [0.1, 0.15) is 10.8 Å². The summed E-state index contributed by atoms with van der Waals surface area (Å²) in [5, 5.41) is 21.6.